The summed E-state index contributed by atoms with van der Waals surface area (Å²) in [6.45, 7) is 11.3. The molecular weight excluding hydrogens is 296 g/mol. The van der Waals surface area contributed by atoms with Crippen LogP contribution in [0, 0.1) is 0 Å². The van der Waals surface area contributed by atoms with Crippen molar-refractivity contribution < 1.29 is 9.47 Å². The Bertz CT molecular complexity index is 471. The molecule has 5 heteroatoms. The molecule has 0 amide bonds. The lowest BCUT2D eigenvalue weighted by molar-refractivity contribution is 0.0692. The Hall–Kier alpha value is -1.17. The summed E-state index contributed by atoms with van der Waals surface area (Å²) >= 11 is 5.66. The van der Waals surface area contributed by atoms with Crippen LogP contribution in [0.2, 0.25) is 0 Å². The lowest BCUT2D eigenvalue weighted by Crippen LogP contribution is -2.40. The van der Waals surface area contributed by atoms with Gasteiger partial charge in [0.25, 0.3) is 0 Å². The van der Waals surface area contributed by atoms with E-state index in [2.05, 4.69) is 23.6 Å². The van der Waals surface area contributed by atoms with Gasteiger partial charge in [-0.15, -0.1) is 0 Å². The molecule has 1 aliphatic heterocycles. The van der Waals surface area contributed by atoms with Gasteiger partial charge in [0.05, 0.1) is 18.8 Å². The summed E-state index contributed by atoms with van der Waals surface area (Å²) < 4.78 is 11.4. The van der Waals surface area contributed by atoms with Crippen LogP contribution < -0.4 is 4.74 Å². The average molecular weight is 322 g/mol. The van der Waals surface area contributed by atoms with Gasteiger partial charge in [-0.05, 0) is 25.2 Å². The monoisotopic (exact) mass is 322 g/mol. The molecule has 22 heavy (non-hydrogen) atoms. The third-order valence-electron chi connectivity index (χ3n) is 3.98. The minimum atomic E-state index is 0.685. The molecule has 1 saturated heterocycles. The van der Waals surface area contributed by atoms with Crippen molar-refractivity contribution in [1.29, 1.82) is 0 Å². The fourth-order valence-corrected chi connectivity index (χ4v) is 2.88. The second-order valence-electron chi connectivity index (χ2n) is 5.28. The molecule has 0 aliphatic carbocycles. The predicted octanol–water partition coefficient (Wildman–Crippen LogP) is 2.41. The maximum Gasteiger partial charge on any atom is 0.129 e. The van der Waals surface area contributed by atoms with Crippen molar-refractivity contribution in [2.45, 2.75) is 13.8 Å². The number of rotatable bonds is 7. The lowest BCUT2D eigenvalue weighted by atomic mass is 10.2. The first-order valence-electron chi connectivity index (χ1n) is 8.07. The standard InChI is InChI=1S/C17H26N2O2S/c1-3-18(4-2)9-14-21-16-8-6-5-7-15(16)17(22)19-10-12-20-13-11-19/h5-8H,3-4,9-14H2,1-2H3. The molecule has 0 unspecified atom stereocenters. The normalized spacial score (nSPS) is 15.1. The topological polar surface area (TPSA) is 24.9 Å². The Balaban J connectivity index is 1.98. The van der Waals surface area contributed by atoms with Crippen LogP contribution in [0.5, 0.6) is 5.75 Å². The van der Waals surface area contributed by atoms with Crippen molar-refractivity contribution in [3.63, 3.8) is 0 Å². The van der Waals surface area contributed by atoms with Gasteiger partial charge in [-0.2, -0.15) is 0 Å². The molecule has 0 aromatic heterocycles. The van der Waals surface area contributed by atoms with Gasteiger partial charge in [0.1, 0.15) is 17.3 Å². The van der Waals surface area contributed by atoms with Crippen LogP contribution in [-0.4, -0.2) is 67.3 Å². The third-order valence-corrected chi connectivity index (χ3v) is 4.45. The lowest BCUT2D eigenvalue weighted by Gasteiger charge is -2.30. The van der Waals surface area contributed by atoms with Gasteiger partial charge >= 0.3 is 0 Å². The van der Waals surface area contributed by atoms with Crippen LogP contribution in [0.4, 0.5) is 0 Å². The van der Waals surface area contributed by atoms with E-state index < -0.39 is 0 Å². The number of hydrogen-bond acceptors (Lipinski definition) is 4. The van der Waals surface area contributed by atoms with Crippen molar-refractivity contribution >= 4 is 17.2 Å². The Labute approximate surface area is 139 Å². The molecule has 1 aliphatic rings. The van der Waals surface area contributed by atoms with Crippen LogP contribution in [0.25, 0.3) is 0 Å². The van der Waals surface area contributed by atoms with Gasteiger partial charge in [0, 0.05) is 19.6 Å². The highest BCUT2D eigenvalue weighted by atomic mass is 32.1. The zero-order valence-electron chi connectivity index (χ0n) is 13.6. The summed E-state index contributed by atoms with van der Waals surface area (Å²) in [7, 11) is 0. The molecule has 0 radical (unpaired) electrons. The van der Waals surface area contributed by atoms with Gasteiger partial charge in [-0.1, -0.05) is 38.2 Å². The number of thiocarbonyl (C=S) groups is 1. The van der Waals surface area contributed by atoms with Crippen LogP contribution >= 0.6 is 12.2 Å². The van der Waals surface area contributed by atoms with Gasteiger partial charge in [0.15, 0.2) is 0 Å². The molecule has 0 N–H and O–H groups in total. The smallest absolute Gasteiger partial charge is 0.129 e. The number of para-hydroxylation sites is 1. The number of hydrogen-bond donors (Lipinski definition) is 0. The highest BCUT2D eigenvalue weighted by molar-refractivity contribution is 7.80. The number of ether oxygens (including phenoxy) is 2. The number of likely N-dealkylation sites (N-methyl/N-ethyl adjacent to an activating group) is 1. The van der Waals surface area contributed by atoms with E-state index in [1.165, 1.54) is 0 Å². The van der Waals surface area contributed by atoms with E-state index in [1.54, 1.807) is 0 Å². The Morgan fingerprint density at radius 3 is 2.59 bits per heavy atom. The number of morpholine rings is 1. The van der Waals surface area contributed by atoms with Crippen LogP contribution in [0.15, 0.2) is 24.3 Å². The summed E-state index contributed by atoms with van der Waals surface area (Å²) in [5.41, 5.74) is 1.01. The van der Waals surface area contributed by atoms with Crippen molar-refractivity contribution in [2.24, 2.45) is 0 Å². The molecule has 1 aromatic carbocycles. The Kier molecular flexibility index (Phi) is 7.09. The molecular formula is C17H26N2O2S. The Morgan fingerprint density at radius 2 is 1.91 bits per heavy atom. The summed E-state index contributed by atoms with van der Waals surface area (Å²) in [5, 5.41) is 0. The summed E-state index contributed by atoms with van der Waals surface area (Å²) in [6.07, 6.45) is 0. The van der Waals surface area contributed by atoms with Gasteiger partial charge in [0.2, 0.25) is 0 Å². The number of benzene rings is 1. The molecule has 122 valence electrons. The molecule has 1 heterocycles. The fourth-order valence-electron chi connectivity index (χ4n) is 2.53. The second kappa shape index (κ2) is 9.08. The van der Waals surface area contributed by atoms with Gasteiger partial charge in [-0.25, -0.2) is 0 Å². The molecule has 1 aromatic rings. The first-order chi connectivity index (χ1) is 10.8. The Morgan fingerprint density at radius 1 is 1.23 bits per heavy atom. The highest BCUT2D eigenvalue weighted by Gasteiger charge is 2.18. The first kappa shape index (κ1) is 17.2. The summed E-state index contributed by atoms with van der Waals surface area (Å²) in [4.78, 5) is 5.41. The second-order valence-corrected chi connectivity index (χ2v) is 5.66. The van der Waals surface area contributed by atoms with Crippen LogP contribution in [-0.2, 0) is 4.74 Å². The van der Waals surface area contributed by atoms with Gasteiger partial charge in [-0.3, -0.25) is 0 Å². The zero-order chi connectivity index (χ0) is 15.8. The fraction of sp³-hybridized carbons (Fsp3) is 0.588. The van der Waals surface area contributed by atoms with Crippen molar-refractivity contribution in [3.05, 3.63) is 29.8 Å². The van der Waals surface area contributed by atoms with Crippen LogP contribution in [0.3, 0.4) is 0 Å². The van der Waals surface area contributed by atoms with E-state index in [-0.39, 0.29) is 0 Å². The third kappa shape index (κ3) is 4.66. The quantitative estimate of drug-likeness (QED) is 0.718. The van der Waals surface area contributed by atoms with E-state index in [4.69, 9.17) is 21.7 Å². The zero-order valence-corrected chi connectivity index (χ0v) is 14.4. The minimum absolute atomic E-state index is 0.685. The van der Waals surface area contributed by atoms with Crippen LogP contribution in [0.1, 0.15) is 19.4 Å². The molecule has 1 fully saturated rings. The molecule has 4 nitrogen and oxygen atoms in total. The largest absolute Gasteiger partial charge is 0.492 e. The summed E-state index contributed by atoms with van der Waals surface area (Å²) in [6, 6.07) is 8.06. The molecule has 2 rings (SSSR count). The van der Waals surface area contributed by atoms with E-state index in [0.29, 0.717) is 6.61 Å². The minimum Gasteiger partial charge on any atom is -0.492 e. The first-order valence-corrected chi connectivity index (χ1v) is 8.48. The van der Waals surface area contributed by atoms with E-state index in [1.807, 2.05) is 24.3 Å². The van der Waals surface area contributed by atoms with E-state index >= 15 is 0 Å². The molecule has 0 atom stereocenters. The summed E-state index contributed by atoms with van der Waals surface area (Å²) in [5.74, 6) is 0.881. The maximum absolute atomic E-state index is 6.00. The van der Waals surface area contributed by atoms with Crippen molar-refractivity contribution in [3.8, 4) is 5.75 Å². The average Bonchev–Trinajstić information content (AvgIpc) is 2.59. The SMILES string of the molecule is CCN(CC)CCOc1ccccc1C(=S)N1CCOCC1. The van der Waals surface area contributed by atoms with E-state index in [0.717, 1.165) is 62.2 Å². The molecule has 0 saturated carbocycles. The molecule has 0 spiro atoms. The highest BCUT2D eigenvalue weighted by Crippen LogP contribution is 2.21. The number of nitrogens with zero attached hydrogens (tertiary/aromatic N) is 2. The maximum atomic E-state index is 6.00. The van der Waals surface area contributed by atoms with Gasteiger partial charge < -0.3 is 19.3 Å². The van der Waals surface area contributed by atoms with Crippen molar-refractivity contribution in [1.82, 2.24) is 9.80 Å². The predicted molar refractivity (Wildman–Crippen MR) is 93.8 cm³/mol. The molecule has 0 bridgehead atoms. The van der Waals surface area contributed by atoms with E-state index in [9.17, 15) is 0 Å². The van der Waals surface area contributed by atoms with Crippen molar-refractivity contribution in [2.75, 3.05) is 52.5 Å².